The third-order valence-corrected chi connectivity index (χ3v) is 4.31. The molecule has 1 rings (SSSR count). The molecule has 0 spiro atoms. The van der Waals surface area contributed by atoms with Crippen LogP contribution in [-0.4, -0.2) is 25.9 Å². The molecule has 1 aromatic carbocycles. The molecule has 0 aromatic heterocycles. The SMILES string of the molecule is COC=C(C(=O)OC)c1cccc(C)c1SCC=CC#CC(C)(C)C. The molecule has 3 nitrogen and oxygen atoms in total. The van der Waals surface area contributed by atoms with E-state index >= 15 is 0 Å². The molecule has 0 aliphatic heterocycles. The van der Waals surface area contributed by atoms with E-state index in [1.807, 2.05) is 37.3 Å². The van der Waals surface area contributed by atoms with Crippen LogP contribution in [0.4, 0.5) is 0 Å². The van der Waals surface area contributed by atoms with Gasteiger partial charge in [0.1, 0.15) is 5.57 Å². The molecule has 0 heterocycles. The molecule has 0 unspecified atom stereocenters. The molecule has 134 valence electrons. The molecule has 25 heavy (non-hydrogen) atoms. The molecule has 0 amide bonds. The van der Waals surface area contributed by atoms with E-state index in [1.54, 1.807) is 11.8 Å². The van der Waals surface area contributed by atoms with Gasteiger partial charge in [0.2, 0.25) is 0 Å². The lowest BCUT2D eigenvalue weighted by atomic mass is 9.98. The Bertz CT molecular complexity index is 713. The average Bonchev–Trinajstić information content (AvgIpc) is 2.55. The summed E-state index contributed by atoms with van der Waals surface area (Å²) < 4.78 is 9.94. The summed E-state index contributed by atoms with van der Waals surface area (Å²) in [6, 6.07) is 5.85. The number of ether oxygens (including phenoxy) is 2. The van der Waals surface area contributed by atoms with Crippen LogP contribution in [0.2, 0.25) is 0 Å². The third-order valence-electron chi connectivity index (χ3n) is 3.12. The van der Waals surface area contributed by atoms with Gasteiger partial charge < -0.3 is 9.47 Å². The number of benzene rings is 1. The first-order valence-corrected chi connectivity index (χ1v) is 9.00. The number of methoxy groups -OCH3 is 2. The van der Waals surface area contributed by atoms with Crippen molar-refractivity contribution in [2.24, 2.45) is 5.41 Å². The minimum atomic E-state index is -0.416. The topological polar surface area (TPSA) is 35.5 Å². The standard InChI is InChI=1S/C21H26O3S/c1-16-11-10-12-17(18(15-23-5)20(22)24-6)19(16)25-14-9-7-8-13-21(2,3)4/h7,9-12,15H,14H2,1-6H3. The number of carbonyl (C=O) groups is 1. The van der Waals surface area contributed by atoms with Crippen molar-refractivity contribution in [1.82, 2.24) is 0 Å². The van der Waals surface area contributed by atoms with Crippen LogP contribution in [-0.2, 0) is 14.3 Å². The van der Waals surface area contributed by atoms with Gasteiger partial charge in [-0.15, -0.1) is 11.8 Å². The van der Waals surface area contributed by atoms with E-state index in [-0.39, 0.29) is 5.41 Å². The lowest BCUT2D eigenvalue weighted by molar-refractivity contribution is -0.133. The van der Waals surface area contributed by atoms with Gasteiger partial charge in [-0.25, -0.2) is 4.79 Å². The molecule has 0 fully saturated rings. The van der Waals surface area contributed by atoms with Crippen LogP contribution in [0.3, 0.4) is 0 Å². The summed E-state index contributed by atoms with van der Waals surface area (Å²) in [5.74, 6) is 6.58. The van der Waals surface area contributed by atoms with Crippen LogP contribution in [0.15, 0.2) is 41.5 Å². The molecular weight excluding hydrogens is 332 g/mol. The van der Waals surface area contributed by atoms with Gasteiger partial charge in [0, 0.05) is 21.6 Å². The monoisotopic (exact) mass is 358 g/mol. The summed E-state index contributed by atoms with van der Waals surface area (Å²) in [5, 5.41) is 0. The van der Waals surface area contributed by atoms with Crippen molar-refractivity contribution in [3.8, 4) is 11.8 Å². The predicted octanol–water partition coefficient (Wildman–Crippen LogP) is 4.85. The fraction of sp³-hybridized carbons (Fsp3) is 0.381. The van der Waals surface area contributed by atoms with E-state index in [9.17, 15) is 4.79 Å². The number of esters is 1. The Kier molecular flexibility index (Phi) is 8.37. The van der Waals surface area contributed by atoms with Crippen molar-refractivity contribution in [3.05, 3.63) is 47.7 Å². The number of hydrogen-bond donors (Lipinski definition) is 0. The number of rotatable bonds is 6. The highest BCUT2D eigenvalue weighted by Crippen LogP contribution is 2.32. The van der Waals surface area contributed by atoms with E-state index < -0.39 is 5.97 Å². The molecule has 0 N–H and O–H groups in total. The average molecular weight is 359 g/mol. The molecule has 0 bridgehead atoms. The Morgan fingerprint density at radius 3 is 2.60 bits per heavy atom. The van der Waals surface area contributed by atoms with Gasteiger partial charge in [-0.05, 0) is 39.3 Å². The van der Waals surface area contributed by atoms with Crippen LogP contribution >= 0.6 is 11.8 Å². The second-order valence-electron chi connectivity index (χ2n) is 6.44. The number of allylic oxidation sites excluding steroid dienone is 1. The first-order chi connectivity index (χ1) is 11.8. The molecular formula is C21H26O3S. The Labute approximate surface area is 155 Å². The van der Waals surface area contributed by atoms with Gasteiger partial charge in [-0.3, -0.25) is 0 Å². The molecule has 4 heteroatoms. The molecule has 0 aliphatic rings. The first kappa shape index (κ1) is 20.9. The van der Waals surface area contributed by atoms with Crippen LogP contribution in [0.25, 0.3) is 5.57 Å². The lowest BCUT2D eigenvalue weighted by Crippen LogP contribution is -2.06. The van der Waals surface area contributed by atoms with E-state index in [1.165, 1.54) is 20.5 Å². The van der Waals surface area contributed by atoms with Gasteiger partial charge in [0.25, 0.3) is 0 Å². The maximum absolute atomic E-state index is 12.1. The summed E-state index contributed by atoms with van der Waals surface area (Å²) in [6.07, 6.45) is 5.33. The highest BCUT2D eigenvalue weighted by Gasteiger charge is 2.18. The van der Waals surface area contributed by atoms with E-state index in [0.717, 1.165) is 21.8 Å². The van der Waals surface area contributed by atoms with Gasteiger partial charge in [-0.2, -0.15) is 0 Å². The fourth-order valence-corrected chi connectivity index (χ4v) is 2.99. The molecule has 0 atom stereocenters. The lowest BCUT2D eigenvalue weighted by Gasteiger charge is -2.13. The Balaban J connectivity index is 3.00. The minimum absolute atomic E-state index is 0.00103. The summed E-state index contributed by atoms with van der Waals surface area (Å²) in [6.45, 7) is 8.27. The summed E-state index contributed by atoms with van der Waals surface area (Å²) >= 11 is 1.65. The van der Waals surface area contributed by atoms with Gasteiger partial charge in [-0.1, -0.05) is 36.1 Å². The fourth-order valence-electron chi connectivity index (χ4n) is 2.00. The maximum Gasteiger partial charge on any atom is 0.341 e. The van der Waals surface area contributed by atoms with Crippen LogP contribution in [0.1, 0.15) is 31.9 Å². The molecule has 1 aromatic rings. The maximum atomic E-state index is 12.1. The summed E-state index contributed by atoms with van der Waals surface area (Å²) in [4.78, 5) is 13.1. The van der Waals surface area contributed by atoms with Gasteiger partial charge >= 0.3 is 5.97 Å². The normalized spacial score (nSPS) is 11.8. The highest BCUT2D eigenvalue weighted by molar-refractivity contribution is 7.99. The first-order valence-electron chi connectivity index (χ1n) is 8.02. The van der Waals surface area contributed by atoms with Crippen LogP contribution in [0, 0.1) is 24.2 Å². The van der Waals surface area contributed by atoms with Crippen molar-refractivity contribution < 1.29 is 14.3 Å². The summed E-state index contributed by atoms with van der Waals surface area (Å²) in [7, 11) is 2.88. The van der Waals surface area contributed by atoms with Crippen molar-refractivity contribution in [3.63, 3.8) is 0 Å². The van der Waals surface area contributed by atoms with Crippen LogP contribution in [0.5, 0.6) is 0 Å². The smallest absolute Gasteiger partial charge is 0.341 e. The van der Waals surface area contributed by atoms with Gasteiger partial charge in [0.15, 0.2) is 0 Å². The minimum Gasteiger partial charge on any atom is -0.503 e. The molecule has 0 radical (unpaired) electrons. The second kappa shape index (κ2) is 10.0. The Morgan fingerprint density at radius 2 is 2.00 bits per heavy atom. The zero-order chi connectivity index (χ0) is 18.9. The third kappa shape index (κ3) is 7.11. The Morgan fingerprint density at radius 1 is 1.28 bits per heavy atom. The highest BCUT2D eigenvalue weighted by atomic mass is 32.2. The Hall–Kier alpha value is -2.12. The number of hydrogen-bond acceptors (Lipinski definition) is 4. The summed E-state index contributed by atoms with van der Waals surface area (Å²) in [5.41, 5.74) is 2.32. The van der Waals surface area contributed by atoms with E-state index in [0.29, 0.717) is 5.57 Å². The largest absolute Gasteiger partial charge is 0.503 e. The zero-order valence-corrected chi connectivity index (χ0v) is 16.6. The number of aryl methyl sites for hydroxylation is 1. The predicted molar refractivity (Wildman–Crippen MR) is 105 cm³/mol. The van der Waals surface area contributed by atoms with Gasteiger partial charge in [0.05, 0.1) is 20.5 Å². The zero-order valence-electron chi connectivity index (χ0n) is 15.8. The van der Waals surface area contributed by atoms with Crippen molar-refractivity contribution >= 4 is 23.3 Å². The second-order valence-corrected chi connectivity index (χ2v) is 7.47. The quantitative estimate of drug-likeness (QED) is 0.239. The van der Waals surface area contributed by atoms with Crippen molar-refractivity contribution in [2.75, 3.05) is 20.0 Å². The number of thioether (sulfide) groups is 1. The van der Waals surface area contributed by atoms with Crippen molar-refractivity contribution in [2.45, 2.75) is 32.6 Å². The van der Waals surface area contributed by atoms with Crippen molar-refractivity contribution in [1.29, 1.82) is 0 Å². The van der Waals surface area contributed by atoms with E-state index in [4.69, 9.17) is 9.47 Å². The molecule has 0 aliphatic carbocycles. The molecule has 0 saturated carbocycles. The van der Waals surface area contributed by atoms with Crippen LogP contribution < -0.4 is 0 Å². The number of carbonyl (C=O) groups excluding carboxylic acids is 1. The van der Waals surface area contributed by atoms with E-state index in [2.05, 4.69) is 32.6 Å². The molecule has 0 saturated heterocycles.